The lowest BCUT2D eigenvalue weighted by atomic mass is 9.81. The molecule has 6 saturated carbocycles. The maximum Gasteiger partial charge on any atom is -0.0162 e. The van der Waals surface area contributed by atoms with E-state index in [2.05, 4.69) is 20.8 Å². The van der Waals surface area contributed by atoms with Crippen LogP contribution in [0.15, 0.2) is 0 Å². The van der Waals surface area contributed by atoms with E-state index in [4.69, 9.17) is 0 Å². The van der Waals surface area contributed by atoms with Crippen LogP contribution in [-0.2, 0) is 0 Å². The van der Waals surface area contributed by atoms with Gasteiger partial charge in [-0.15, -0.1) is 0 Å². The Morgan fingerprint density at radius 2 is 1.84 bits per heavy atom. The van der Waals surface area contributed by atoms with E-state index in [0.29, 0.717) is 0 Å². The van der Waals surface area contributed by atoms with Crippen LogP contribution in [0.1, 0.15) is 52.9 Å². The second-order valence-corrected chi connectivity index (χ2v) is 9.73. The maximum absolute atomic E-state index is 2.58. The standard InChI is InChI=1S/C19H28/c1-9(15-13-6-14(13)15)4-5-12-10(2)7-19-16(12)17(19)18(19)8-11(18)3/h9-17H,4-8H2,1-3H3. The quantitative estimate of drug-likeness (QED) is 0.690. The molecule has 104 valence electrons. The fourth-order valence-electron chi connectivity index (χ4n) is 8.12. The Hall–Kier alpha value is 0. The highest BCUT2D eigenvalue weighted by atomic mass is 15.1. The molecule has 10 atom stereocenters. The molecule has 19 heavy (non-hydrogen) atoms. The van der Waals surface area contributed by atoms with Gasteiger partial charge in [0.25, 0.3) is 0 Å². The molecule has 0 amide bonds. The van der Waals surface area contributed by atoms with Crippen LogP contribution in [0, 0.1) is 64.1 Å². The highest BCUT2D eigenvalue weighted by Gasteiger charge is 3.02. The normalized spacial score (nSPS) is 74.1. The molecule has 2 spiro atoms. The van der Waals surface area contributed by atoms with E-state index in [9.17, 15) is 0 Å². The zero-order valence-corrected chi connectivity index (χ0v) is 12.7. The van der Waals surface area contributed by atoms with E-state index in [1.54, 1.807) is 32.1 Å². The second-order valence-electron chi connectivity index (χ2n) is 9.73. The Morgan fingerprint density at radius 1 is 1.11 bits per heavy atom. The molecule has 0 aromatic carbocycles. The SMILES string of the molecule is CC1CC23C(C1CCC(C)C1C4CC41)C2C31CC1C. The smallest absolute Gasteiger partial charge is 0.0162 e. The first-order valence-corrected chi connectivity index (χ1v) is 9.13. The molecule has 0 nitrogen and oxygen atoms in total. The van der Waals surface area contributed by atoms with Crippen molar-refractivity contribution >= 4 is 0 Å². The molecule has 6 rings (SSSR count). The van der Waals surface area contributed by atoms with E-state index < -0.39 is 0 Å². The van der Waals surface area contributed by atoms with Crippen LogP contribution >= 0.6 is 0 Å². The average molecular weight is 256 g/mol. The molecular formula is C19H28. The van der Waals surface area contributed by atoms with Crippen LogP contribution in [-0.4, -0.2) is 0 Å². The Labute approximate surface area is 117 Å². The zero-order chi connectivity index (χ0) is 12.7. The van der Waals surface area contributed by atoms with Gasteiger partial charge in [0.15, 0.2) is 0 Å². The van der Waals surface area contributed by atoms with Gasteiger partial charge >= 0.3 is 0 Å². The summed E-state index contributed by atoms with van der Waals surface area (Å²) in [6.07, 6.45) is 7.99. The molecule has 0 aromatic heterocycles. The van der Waals surface area contributed by atoms with Gasteiger partial charge in [-0.2, -0.15) is 0 Å². The number of rotatable bonds is 4. The Morgan fingerprint density at radius 3 is 2.42 bits per heavy atom. The van der Waals surface area contributed by atoms with Gasteiger partial charge < -0.3 is 0 Å². The van der Waals surface area contributed by atoms with Gasteiger partial charge in [0, 0.05) is 0 Å². The fourth-order valence-corrected chi connectivity index (χ4v) is 8.12. The Kier molecular flexibility index (Phi) is 1.51. The van der Waals surface area contributed by atoms with Crippen LogP contribution < -0.4 is 0 Å². The van der Waals surface area contributed by atoms with E-state index in [-0.39, 0.29) is 0 Å². The molecule has 10 unspecified atom stereocenters. The van der Waals surface area contributed by atoms with Crippen molar-refractivity contribution in [1.82, 2.24) is 0 Å². The van der Waals surface area contributed by atoms with E-state index in [0.717, 1.165) is 34.5 Å². The summed E-state index contributed by atoms with van der Waals surface area (Å²) < 4.78 is 0. The first-order valence-electron chi connectivity index (χ1n) is 9.13. The summed E-state index contributed by atoms with van der Waals surface area (Å²) in [6, 6.07) is 0. The number of fused-ring (bicyclic) bond motifs is 3. The van der Waals surface area contributed by atoms with Crippen LogP contribution in [0.25, 0.3) is 0 Å². The molecule has 6 fully saturated rings. The van der Waals surface area contributed by atoms with Gasteiger partial charge in [-0.1, -0.05) is 27.2 Å². The third kappa shape index (κ3) is 0.940. The van der Waals surface area contributed by atoms with Crippen LogP contribution in [0.2, 0.25) is 0 Å². The highest BCUT2D eigenvalue weighted by molar-refractivity contribution is 5.49. The highest BCUT2D eigenvalue weighted by Crippen LogP contribution is 3.06. The Balaban J connectivity index is 1.12. The minimum atomic E-state index is 0.946. The van der Waals surface area contributed by atoms with Crippen molar-refractivity contribution in [2.24, 2.45) is 64.1 Å². The van der Waals surface area contributed by atoms with Crippen LogP contribution in [0.4, 0.5) is 0 Å². The van der Waals surface area contributed by atoms with Crippen LogP contribution in [0.3, 0.4) is 0 Å². The summed E-state index contributed by atoms with van der Waals surface area (Å²) in [5, 5.41) is 0. The van der Waals surface area contributed by atoms with Gasteiger partial charge in [0.2, 0.25) is 0 Å². The topological polar surface area (TPSA) is 0 Å². The summed E-state index contributed by atoms with van der Waals surface area (Å²) >= 11 is 0. The van der Waals surface area contributed by atoms with Crippen LogP contribution in [0.5, 0.6) is 0 Å². The van der Waals surface area contributed by atoms with E-state index in [1.807, 2.05) is 0 Å². The van der Waals surface area contributed by atoms with Gasteiger partial charge in [-0.3, -0.25) is 0 Å². The lowest BCUT2D eigenvalue weighted by Gasteiger charge is -2.24. The summed E-state index contributed by atoms with van der Waals surface area (Å²) in [5.74, 6) is 10.5. The van der Waals surface area contributed by atoms with Crippen molar-refractivity contribution in [2.45, 2.75) is 52.9 Å². The van der Waals surface area contributed by atoms with Crippen molar-refractivity contribution in [3.05, 3.63) is 0 Å². The number of hydrogen-bond donors (Lipinski definition) is 0. The monoisotopic (exact) mass is 256 g/mol. The minimum Gasteiger partial charge on any atom is -0.0622 e. The lowest BCUT2D eigenvalue weighted by Crippen LogP contribution is -2.17. The molecular weight excluding hydrogens is 228 g/mol. The predicted molar refractivity (Wildman–Crippen MR) is 76.4 cm³/mol. The van der Waals surface area contributed by atoms with Gasteiger partial charge in [-0.05, 0) is 89.8 Å². The lowest BCUT2D eigenvalue weighted by molar-refractivity contribution is 0.250. The van der Waals surface area contributed by atoms with Gasteiger partial charge in [0.1, 0.15) is 0 Å². The molecule has 6 aliphatic carbocycles. The first kappa shape index (κ1) is 10.7. The molecule has 0 N–H and O–H groups in total. The molecule has 0 saturated heterocycles. The van der Waals surface area contributed by atoms with Crippen molar-refractivity contribution in [3.63, 3.8) is 0 Å². The third-order valence-corrected chi connectivity index (χ3v) is 9.30. The van der Waals surface area contributed by atoms with E-state index in [1.165, 1.54) is 29.6 Å². The molecule has 0 radical (unpaired) electrons. The van der Waals surface area contributed by atoms with Crippen molar-refractivity contribution in [1.29, 1.82) is 0 Å². The molecule has 0 heterocycles. The summed E-state index contributed by atoms with van der Waals surface area (Å²) in [7, 11) is 0. The maximum atomic E-state index is 2.58. The predicted octanol–water partition coefficient (Wildman–Crippen LogP) is 4.60. The molecule has 0 aromatic rings. The third-order valence-electron chi connectivity index (χ3n) is 9.30. The summed E-state index contributed by atoms with van der Waals surface area (Å²) in [5.41, 5.74) is 1.89. The van der Waals surface area contributed by atoms with Gasteiger partial charge in [-0.25, -0.2) is 0 Å². The zero-order valence-electron chi connectivity index (χ0n) is 12.7. The Bertz CT molecular complexity index is 472. The molecule has 0 bridgehead atoms. The first-order chi connectivity index (χ1) is 9.13. The largest absolute Gasteiger partial charge is 0.0622 e. The van der Waals surface area contributed by atoms with Crippen molar-refractivity contribution in [2.75, 3.05) is 0 Å². The minimum absolute atomic E-state index is 0.946. The average Bonchev–Trinajstić information content (AvgIpc) is 3.14. The summed E-state index contributed by atoms with van der Waals surface area (Å²) in [6.45, 7) is 7.67. The molecule has 0 heteroatoms. The van der Waals surface area contributed by atoms with Crippen molar-refractivity contribution in [3.8, 4) is 0 Å². The van der Waals surface area contributed by atoms with E-state index >= 15 is 0 Å². The molecule has 0 aliphatic heterocycles. The number of hydrogen-bond acceptors (Lipinski definition) is 0. The van der Waals surface area contributed by atoms with Crippen molar-refractivity contribution < 1.29 is 0 Å². The fraction of sp³-hybridized carbons (Fsp3) is 1.00. The summed E-state index contributed by atoms with van der Waals surface area (Å²) in [4.78, 5) is 0. The molecule has 6 aliphatic rings. The second kappa shape index (κ2) is 2.69. The van der Waals surface area contributed by atoms with Gasteiger partial charge in [0.05, 0.1) is 0 Å².